The van der Waals surface area contributed by atoms with Gasteiger partial charge in [0.1, 0.15) is 5.82 Å². The van der Waals surface area contributed by atoms with Crippen molar-refractivity contribution in [2.75, 3.05) is 0 Å². The molecular weight excluding hydrogens is 229 g/mol. The minimum absolute atomic E-state index is 0.0730. The second-order valence-electron chi connectivity index (χ2n) is 3.17. The molecule has 0 atom stereocenters. The molecule has 0 radical (unpaired) electrons. The van der Waals surface area contributed by atoms with Gasteiger partial charge in [-0.05, 0) is 18.2 Å². The van der Waals surface area contributed by atoms with Crippen molar-refractivity contribution in [2.24, 2.45) is 0 Å². The molecule has 0 aromatic heterocycles. The van der Waals surface area contributed by atoms with Crippen molar-refractivity contribution in [3.63, 3.8) is 0 Å². The van der Waals surface area contributed by atoms with Gasteiger partial charge in [-0.25, -0.2) is 9.18 Å². The summed E-state index contributed by atoms with van der Waals surface area (Å²) in [5, 5.41) is 16.9. The van der Waals surface area contributed by atoms with Crippen molar-refractivity contribution in [1.82, 2.24) is 0 Å². The Morgan fingerprint density at radius 3 is 2.47 bits per heavy atom. The van der Waals surface area contributed by atoms with Crippen LogP contribution in [0, 0.1) is 17.1 Å². The van der Waals surface area contributed by atoms with Crippen molar-refractivity contribution < 1.29 is 23.9 Å². The van der Waals surface area contributed by atoms with Crippen LogP contribution in [0.4, 0.5) is 4.39 Å². The van der Waals surface area contributed by atoms with Crippen LogP contribution in [0.2, 0.25) is 0 Å². The van der Waals surface area contributed by atoms with Crippen LogP contribution in [0.15, 0.2) is 18.2 Å². The van der Waals surface area contributed by atoms with E-state index in [0.29, 0.717) is 0 Å². The van der Waals surface area contributed by atoms with E-state index in [9.17, 15) is 18.8 Å². The number of halogens is 1. The van der Waals surface area contributed by atoms with Crippen LogP contribution >= 0.6 is 0 Å². The minimum Gasteiger partial charge on any atom is -0.475 e. The maximum absolute atomic E-state index is 13.0. The van der Waals surface area contributed by atoms with Crippen molar-refractivity contribution in [1.29, 1.82) is 5.26 Å². The number of nitrogens with zero attached hydrogens (tertiary/aromatic N) is 1. The van der Waals surface area contributed by atoms with E-state index in [1.807, 2.05) is 0 Å². The molecule has 0 saturated carbocycles. The van der Waals surface area contributed by atoms with E-state index < -0.39 is 29.8 Å². The molecule has 1 aromatic rings. The summed E-state index contributed by atoms with van der Waals surface area (Å²) < 4.78 is 13.0. The molecule has 0 fully saturated rings. The third-order valence-electron chi connectivity index (χ3n) is 1.91. The number of ketones is 2. The monoisotopic (exact) mass is 235 g/mol. The molecule has 0 aliphatic heterocycles. The van der Waals surface area contributed by atoms with Gasteiger partial charge in [-0.2, -0.15) is 5.26 Å². The number of carboxylic acid groups (broad SMARTS) is 1. The lowest BCUT2D eigenvalue weighted by atomic mass is 10.0. The number of benzene rings is 1. The lowest BCUT2D eigenvalue weighted by molar-refractivity contribution is -0.148. The lowest BCUT2D eigenvalue weighted by Gasteiger charge is -2.00. The Kier molecular flexibility index (Phi) is 3.67. The molecule has 86 valence electrons. The summed E-state index contributed by atoms with van der Waals surface area (Å²) in [7, 11) is 0. The Bertz CT molecular complexity index is 545. The summed E-state index contributed by atoms with van der Waals surface area (Å²) in [5.41, 5.74) is -0.271. The molecule has 0 aliphatic carbocycles. The Hall–Kier alpha value is -2.55. The molecule has 0 aliphatic rings. The van der Waals surface area contributed by atoms with E-state index in [2.05, 4.69) is 0 Å². The van der Waals surface area contributed by atoms with E-state index >= 15 is 0 Å². The van der Waals surface area contributed by atoms with Gasteiger partial charge in [0.2, 0.25) is 5.78 Å². The molecule has 1 N–H and O–H groups in total. The molecule has 17 heavy (non-hydrogen) atoms. The standard InChI is InChI=1S/C11H6FNO4/c12-8-2-6(5-13)1-7(3-8)9(14)4-10(15)11(16)17/h1-3H,4H2,(H,16,17). The van der Waals surface area contributed by atoms with Crippen LogP contribution in [0.1, 0.15) is 22.3 Å². The van der Waals surface area contributed by atoms with E-state index in [-0.39, 0.29) is 11.1 Å². The van der Waals surface area contributed by atoms with Crippen LogP contribution in [0.3, 0.4) is 0 Å². The zero-order valence-corrected chi connectivity index (χ0v) is 8.44. The number of hydrogen-bond donors (Lipinski definition) is 1. The normalized spacial score (nSPS) is 9.41. The van der Waals surface area contributed by atoms with Gasteiger partial charge in [-0.1, -0.05) is 0 Å². The molecule has 1 rings (SSSR count). The van der Waals surface area contributed by atoms with Crippen molar-refractivity contribution >= 4 is 17.5 Å². The fraction of sp³-hybridized carbons (Fsp3) is 0.0909. The molecule has 0 amide bonds. The van der Waals surface area contributed by atoms with E-state index in [0.717, 1.165) is 18.2 Å². The molecule has 0 saturated heterocycles. The van der Waals surface area contributed by atoms with Gasteiger partial charge in [-0.15, -0.1) is 0 Å². The van der Waals surface area contributed by atoms with Crippen LogP contribution in [0.25, 0.3) is 0 Å². The Labute approximate surface area is 95.1 Å². The zero-order chi connectivity index (χ0) is 13.0. The third kappa shape index (κ3) is 3.21. The first-order valence-electron chi connectivity index (χ1n) is 4.44. The number of nitriles is 1. The highest BCUT2D eigenvalue weighted by molar-refractivity contribution is 6.37. The highest BCUT2D eigenvalue weighted by Crippen LogP contribution is 2.11. The van der Waals surface area contributed by atoms with Crippen molar-refractivity contribution in [3.8, 4) is 6.07 Å². The zero-order valence-electron chi connectivity index (χ0n) is 8.44. The molecular formula is C11H6FNO4. The summed E-state index contributed by atoms with van der Waals surface area (Å²) in [6.45, 7) is 0. The van der Waals surface area contributed by atoms with Crippen LogP contribution < -0.4 is 0 Å². The number of carbonyl (C=O) groups is 3. The SMILES string of the molecule is N#Cc1cc(F)cc(C(=O)CC(=O)C(=O)O)c1. The maximum Gasteiger partial charge on any atom is 0.372 e. The molecule has 0 heterocycles. The van der Waals surface area contributed by atoms with Gasteiger partial charge in [0, 0.05) is 5.56 Å². The fourth-order valence-corrected chi connectivity index (χ4v) is 1.14. The summed E-state index contributed by atoms with van der Waals surface area (Å²) in [6, 6.07) is 4.52. The number of carbonyl (C=O) groups excluding carboxylic acids is 2. The largest absolute Gasteiger partial charge is 0.475 e. The minimum atomic E-state index is -1.73. The van der Waals surface area contributed by atoms with Crippen LogP contribution in [0.5, 0.6) is 0 Å². The molecule has 0 spiro atoms. The number of Topliss-reactive ketones (excluding diaryl/α,β-unsaturated/α-hetero) is 2. The summed E-state index contributed by atoms with van der Waals surface area (Å²) in [4.78, 5) is 32.4. The highest BCUT2D eigenvalue weighted by atomic mass is 19.1. The summed E-state index contributed by atoms with van der Waals surface area (Å²) >= 11 is 0. The molecule has 6 heteroatoms. The molecule has 0 unspecified atom stereocenters. The Balaban J connectivity index is 2.97. The predicted molar refractivity (Wildman–Crippen MR) is 52.7 cm³/mol. The van der Waals surface area contributed by atoms with Gasteiger partial charge in [0.15, 0.2) is 5.78 Å². The number of rotatable bonds is 4. The molecule has 1 aromatic carbocycles. The van der Waals surface area contributed by atoms with Gasteiger partial charge < -0.3 is 5.11 Å². The Morgan fingerprint density at radius 2 is 1.94 bits per heavy atom. The first-order valence-corrected chi connectivity index (χ1v) is 4.44. The fourth-order valence-electron chi connectivity index (χ4n) is 1.14. The van der Waals surface area contributed by atoms with E-state index in [4.69, 9.17) is 10.4 Å². The highest BCUT2D eigenvalue weighted by Gasteiger charge is 2.18. The van der Waals surface area contributed by atoms with Gasteiger partial charge in [0.05, 0.1) is 18.1 Å². The summed E-state index contributed by atoms with van der Waals surface area (Å²) in [5.74, 6) is -4.64. The van der Waals surface area contributed by atoms with Gasteiger partial charge in [-0.3, -0.25) is 9.59 Å². The smallest absolute Gasteiger partial charge is 0.372 e. The van der Waals surface area contributed by atoms with Crippen molar-refractivity contribution in [2.45, 2.75) is 6.42 Å². The quantitative estimate of drug-likeness (QED) is 0.475. The first kappa shape index (κ1) is 12.5. The first-order chi connectivity index (χ1) is 7.93. The lowest BCUT2D eigenvalue weighted by Crippen LogP contribution is -2.17. The number of carboxylic acids is 1. The molecule has 0 bridgehead atoms. The Morgan fingerprint density at radius 1 is 1.29 bits per heavy atom. The van der Waals surface area contributed by atoms with Crippen LogP contribution in [-0.2, 0) is 9.59 Å². The van der Waals surface area contributed by atoms with Gasteiger partial charge in [0.25, 0.3) is 0 Å². The third-order valence-corrected chi connectivity index (χ3v) is 1.91. The van der Waals surface area contributed by atoms with E-state index in [1.165, 1.54) is 0 Å². The number of hydrogen-bond acceptors (Lipinski definition) is 4. The summed E-state index contributed by atoms with van der Waals surface area (Å²) in [6.07, 6.45) is -0.857. The average Bonchev–Trinajstić information content (AvgIpc) is 2.27. The van der Waals surface area contributed by atoms with Crippen molar-refractivity contribution in [3.05, 3.63) is 35.1 Å². The second kappa shape index (κ2) is 4.99. The topological polar surface area (TPSA) is 95.2 Å². The van der Waals surface area contributed by atoms with Gasteiger partial charge >= 0.3 is 5.97 Å². The molecule has 5 nitrogen and oxygen atoms in total. The van der Waals surface area contributed by atoms with Crippen LogP contribution in [-0.4, -0.2) is 22.6 Å². The maximum atomic E-state index is 13.0. The average molecular weight is 235 g/mol. The number of aliphatic carboxylic acids is 1. The van der Waals surface area contributed by atoms with E-state index in [1.54, 1.807) is 6.07 Å². The second-order valence-corrected chi connectivity index (χ2v) is 3.17. The predicted octanol–water partition coefficient (Wildman–Crippen LogP) is 0.924.